The molecular weight excluding hydrogens is 194 g/mol. The van der Waals surface area contributed by atoms with Gasteiger partial charge in [-0.2, -0.15) is 0 Å². The van der Waals surface area contributed by atoms with Gasteiger partial charge in [0, 0.05) is 18.8 Å². The second kappa shape index (κ2) is 4.25. The SMILES string of the molecule is O=C(Cn1cnccc1=O)NCC1CC1. The van der Waals surface area contributed by atoms with Crippen LogP contribution in [-0.4, -0.2) is 22.0 Å². The molecule has 0 bridgehead atoms. The van der Waals surface area contributed by atoms with Crippen molar-refractivity contribution in [3.8, 4) is 0 Å². The number of nitrogens with zero attached hydrogens (tertiary/aromatic N) is 2. The molecule has 0 aromatic carbocycles. The number of carbonyl (C=O) groups excluding carboxylic acids is 1. The molecule has 1 aromatic rings. The summed E-state index contributed by atoms with van der Waals surface area (Å²) in [6.07, 6.45) is 5.19. The zero-order valence-electron chi connectivity index (χ0n) is 8.35. The summed E-state index contributed by atoms with van der Waals surface area (Å²) >= 11 is 0. The molecule has 0 saturated heterocycles. The first-order chi connectivity index (χ1) is 7.25. The maximum absolute atomic E-state index is 11.4. The third kappa shape index (κ3) is 2.90. The summed E-state index contributed by atoms with van der Waals surface area (Å²) < 4.78 is 1.29. The maximum Gasteiger partial charge on any atom is 0.253 e. The van der Waals surface area contributed by atoms with E-state index in [9.17, 15) is 9.59 Å². The van der Waals surface area contributed by atoms with Gasteiger partial charge in [0.25, 0.3) is 5.56 Å². The zero-order chi connectivity index (χ0) is 10.7. The minimum absolute atomic E-state index is 0.0550. The van der Waals surface area contributed by atoms with Gasteiger partial charge in [0.05, 0.1) is 6.33 Å². The van der Waals surface area contributed by atoms with Crippen LogP contribution in [0, 0.1) is 5.92 Å². The first-order valence-corrected chi connectivity index (χ1v) is 5.03. The Morgan fingerprint density at radius 1 is 1.60 bits per heavy atom. The van der Waals surface area contributed by atoms with Crippen molar-refractivity contribution in [1.82, 2.24) is 14.9 Å². The van der Waals surface area contributed by atoms with Crippen LogP contribution in [0.15, 0.2) is 23.4 Å². The first-order valence-electron chi connectivity index (χ1n) is 5.03. The smallest absolute Gasteiger partial charge is 0.253 e. The summed E-state index contributed by atoms with van der Waals surface area (Å²) in [7, 11) is 0. The zero-order valence-corrected chi connectivity index (χ0v) is 8.35. The highest BCUT2D eigenvalue weighted by Gasteiger charge is 2.21. The highest BCUT2D eigenvalue weighted by Crippen LogP contribution is 2.27. The summed E-state index contributed by atoms with van der Waals surface area (Å²) in [5, 5.41) is 2.79. The number of rotatable bonds is 4. The van der Waals surface area contributed by atoms with Gasteiger partial charge in [0.1, 0.15) is 6.54 Å². The Hall–Kier alpha value is -1.65. The van der Waals surface area contributed by atoms with Gasteiger partial charge in [0.15, 0.2) is 0 Å². The summed E-state index contributed by atoms with van der Waals surface area (Å²) in [6, 6.07) is 1.34. The van der Waals surface area contributed by atoms with Gasteiger partial charge < -0.3 is 5.32 Å². The molecule has 80 valence electrons. The normalized spacial score (nSPS) is 14.9. The fourth-order valence-corrected chi connectivity index (χ4v) is 1.29. The van der Waals surface area contributed by atoms with Gasteiger partial charge in [0.2, 0.25) is 5.91 Å². The summed E-state index contributed by atoms with van der Waals surface area (Å²) in [4.78, 5) is 26.4. The van der Waals surface area contributed by atoms with E-state index in [0.717, 1.165) is 6.54 Å². The Bertz CT molecular complexity index is 409. The van der Waals surface area contributed by atoms with Gasteiger partial charge in [-0.25, -0.2) is 4.98 Å². The van der Waals surface area contributed by atoms with E-state index >= 15 is 0 Å². The van der Waals surface area contributed by atoms with E-state index in [4.69, 9.17) is 0 Å². The molecule has 1 aromatic heterocycles. The Morgan fingerprint density at radius 3 is 3.07 bits per heavy atom. The predicted molar refractivity (Wildman–Crippen MR) is 54.2 cm³/mol. The molecule has 1 heterocycles. The van der Waals surface area contributed by atoms with E-state index in [1.54, 1.807) is 0 Å². The molecule has 5 heteroatoms. The minimum Gasteiger partial charge on any atom is -0.354 e. The molecule has 1 amide bonds. The summed E-state index contributed by atoms with van der Waals surface area (Å²) in [5.74, 6) is 0.525. The van der Waals surface area contributed by atoms with Crippen LogP contribution in [-0.2, 0) is 11.3 Å². The average molecular weight is 207 g/mol. The molecule has 2 rings (SSSR count). The lowest BCUT2D eigenvalue weighted by Gasteiger charge is -2.05. The first kappa shape index (κ1) is 9.89. The van der Waals surface area contributed by atoms with Crippen molar-refractivity contribution < 1.29 is 4.79 Å². The largest absolute Gasteiger partial charge is 0.354 e. The number of nitrogens with one attached hydrogen (secondary N) is 1. The lowest BCUT2D eigenvalue weighted by molar-refractivity contribution is -0.121. The van der Waals surface area contributed by atoms with Crippen LogP contribution in [0.3, 0.4) is 0 Å². The maximum atomic E-state index is 11.4. The van der Waals surface area contributed by atoms with Gasteiger partial charge in [-0.15, -0.1) is 0 Å². The van der Waals surface area contributed by atoms with E-state index < -0.39 is 0 Å². The lowest BCUT2D eigenvalue weighted by Crippen LogP contribution is -2.33. The van der Waals surface area contributed by atoms with E-state index in [1.807, 2.05) is 0 Å². The molecule has 1 fully saturated rings. The monoisotopic (exact) mass is 207 g/mol. The fourth-order valence-electron chi connectivity index (χ4n) is 1.29. The van der Waals surface area contributed by atoms with E-state index in [2.05, 4.69) is 10.3 Å². The second-order valence-corrected chi connectivity index (χ2v) is 3.79. The predicted octanol–water partition coefficient (Wildman–Crippen LogP) is -0.231. The van der Waals surface area contributed by atoms with Crippen molar-refractivity contribution in [2.24, 2.45) is 5.92 Å². The van der Waals surface area contributed by atoms with Gasteiger partial charge >= 0.3 is 0 Å². The number of aromatic nitrogens is 2. The van der Waals surface area contributed by atoms with Crippen molar-refractivity contribution in [3.05, 3.63) is 28.9 Å². The second-order valence-electron chi connectivity index (χ2n) is 3.79. The third-order valence-corrected chi connectivity index (χ3v) is 2.39. The highest BCUT2D eigenvalue weighted by molar-refractivity contribution is 5.75. The molecule has 0 atom stereocenters. The van der Waals surface area contributed by atoms with Crippen molar-refractivity contribution >= 4 is 5.91 Å². The molecular formula is C10H13N3O2. The quantitative estimate of drug-likeness (QED) is 0.741. The molecule has 0 unspecified atom stereocenters. The van der Waals surface area contributed by atoms with Crippen LogP contribution in [0.25, 0.3) is 0 Å². The van der Waals surface area contributed by atoms with Gasteiger partial charge in [-0.3, -0.25) is 14.2 Å². The number of hydrogen-bond acceptors (Lipinski definition) is 3. The fraction of sp³-hybridized carbons (Fsp3) is 0.500. The van der Waals surface area contributed by atoms with Crippen molar-refractivity contribution in [2.45, 2.75) is 19.4 Å². The Morgan fingerprint density at radius 2 is 2.40 bits per heavy atom. The molecule has 15 heavy (non-hydrogen) atoms. The molecule has 1 aliphatic rings. The van der Waals surface area contributed by atoms with Crippen LogP contribution in [0.5, 0.6) is 0 Å². The van der Waals surface area contributed by atoms with Gasteiger partial charge in [-0.05, 0) is 18.8 Å². The van der Waals surface area contributed by atoms with Crippen molar-refractivity contribution in [2.75, 3.05) is 6.54 Å². The molecule has 1 saturated carbocycles. The molecule has 0 aliphatic heterocycles. The Labute approximate surface area is 87.1 Å². The highest BCUT2D eigenvalue weighted by atomic mass is 16.2. The number of hydrogen-bond donors (Lipinski definition) is 1. The molecule has 1 N–H and O–H groups in total. The topological polar surface area (TPSA) is 64.0 Å². The van der Waals surface area contributed by atoms with Crippen molar-refractivity contribution in [3.63, 3.8) is 0 Å². The molecule has 0 radical (unpaired) electrons. The van der Waals surface area contributed by atoms with E-state index in [1.165, 1.54) is 36.0 Å². The molecule has 5 nitrogen and oxygen atoms in total. The van der Waals surface area contributed by atoms with E-state index in [0.29, 0.717) is 5.92 Å². The van der Waals surface area contributed by atoms with Crippen LogP contribution in [0.1, 0.15) is 12.8 Å². The van der Waals surface area contributed by atoms with Crippen LogP contribution in [0.4, 0.5) is 0 Å². The number of amides is 1. The van der Waals surface area contributed by atoms with Crippen LogP contribution >= 0.6 is 0 Å². The third-order valence-electron chi connectivity index (χ3n) is 2.39. The summed E-state index contributed by atoms with van der Waals surface area (Å²) in [6.45, 7) is 0.785. The van der Waals surface area contributed by atoms with Crippen molar-refractivity contribution in [1.29, 1.82) is 0 Å². The minimum atomic E-state index is -0.202. The average Bonchev–Trinajstić information content (AvgIpc) is 3.02. The standard InChI is InChI=1S/C10H13N3O2/c14-9(12-5-8-1-2-8)6-13-7-11-4-3-10(13)15/h3-4,7-8H,1-2,5-6H2,(H,12,14). The van der Waals surface area contributed by atoms with Gasteiger partial charge in [-0.1, -0.05) is 0 Å². The Kier molecular flexibility index (Phi) is 2.80. The Balaban J connectivity index is 1.87. The van der Waals surface area contributed by atoms with Crippen LogP contribution < -0.4 is 10.9 Å². The molecule has 0 spiro atoms. The number of carbonyl (C=O) groups is 1. The molecule has 1 aliphatic carbocycles. The van der Waals surface area contributed by atoms with E-state index in [-0.39, 0.29) is 18.0 Å². The lowest BCUT2D eigenvalue weighted by atomic mass is 10.4. The van der Waals surface area contributed by atoms with Crippen LogP contribution in [0.2, 0.25) is 0 Å². The summed E-state index contributed by atoms with van der Waals surface area (Å²) in [5.41, 5.74) is -0.202.